The van der Waals surface area contributed by atoms with Crippen LogP contribution < -0.4 is 20.9 Å². The molecular weight excluding hydrogens is 469 g/mol. The van der Waals surface area contributed by atoms with E-state index < -0.39 is 23.6 Å². The van der Waals surface area contributed by atoms with Crippen LogP contribution >= 0.6 is 0 Å². The number of hydrogen-bond donors (Lipinski definition) is 3. The SMILES string of the molecule is CC(=O)Nc1cn2nc(-c3c[nH]c(=O)c(C(=O)NCc4ccccc4OC(F)(F)F)c3)ccc2n1. The first kappa shape index (κ1) is 23.5. The number of aromatic amines is 1. The zero-order valence-corrected chi connectivity index (χ0v) is 18.0. The number of nitrogens with zero attached hydrogens (tertiary/aromatic N) is 3. The smallest absolute Gasteiger partial charge is 0.405 e. The molecule has 0 fully saturated rings. The third-order valence-corrected chi connectivity index (χ3v) is 4.71. The molecule has 13 heteroatoms. The average molecular weight is 486 g/mol. The predicted molar refractivity (Wildman–Crippen MR) is 118 cm³/mol. The molecule has 3 N–H and O–H groups in total. The summed E-state index contributed by atoms with van der Waals surface area (Å²) >= 11 is 0. The van der Waals surface area contributed by atoms with Crippen LogP contribution in [0.15, 0.2) is 59.7 Å². The number of imidazole rings is 1. The van der Waals surface area contributed by atoms with Crippen molar-refractivity contribution < 1.29 is 27.5 Å². The van der Waals surface area contributed by atoms with Gasteiger partial charge in [-0.25, -0.2) is 9.50 Å². The minimum atomic E-state index is -4.89. The first-order valence-corrected chi connectivity index (χ1v) is 10.1. The van der Waals surface area contributed by atoms with Crippen molar-refractivity contribution in [2.24, 2.45) is 0 Å². The van der Waals surface area contributed by atoms with Gasteiger partial charge in [0.15, 0.2) is 11.5 Å². The van der Waals surface area contributed by atoms with Crippen molar-refractivity contribution in [3.63, 3.8) is 0 Å². The Labute approximate surface area is 194 Å². The molecular formula is C22H17F3N6O4. The summed E-state index contributed by atoms with van der Waals surface area (Å²) in [6.07, 6.45) is -2.02. The largest absolute Gasteiger partial charge is 0.573 e. The van der Waals surface area contributed by atoms with Crippen molar-refractivity contribution >= 4 is 23.3 Å². The Hall–Kier alpha value is -4.68. The van der Waals surface area contributed by atoms with Crippen LogP contribution in [0, 0.1) is 0 Å². The van der Waals surface area contributed by atoms with Crippen molar-refractivity contribution in [2.75, 3.05) is 5.32 Å². The minimum Gasteiger partial charge on any atom is -0.405 e. The van der Waals surface area contributed by atoms with Crippen LogP contribution in [0.25, 0.3) is 16.9 Å². The molecule has 0 saturated heterocycles. The van der Waals surface area contributed by atoms with Crippen LogP contribution in [-0.4, -0.2) is 37.8 Å². The number of halogens is 3. The Morgan fingerprint density at radius 3 is 2.69 bits per heavy atom. The van der Waals surface area contributed by atoms with Gasteiger partial charge in [0.25, 0.3) is 11.5 Å². The van der Waals surface area contributed by atoms with Crippen molar-refractivity contribution in [3.05, 3.63) is 76.3 Å². The zero-order chi connectivity index (χ0) is 25.2. The van der Waals surface area contributed by atoms with Gasteiger partial charge in [-0.05, 0) is 24.3 Å². The molecule has 3 heterocycles. The summed E-state index contributed by atoms with van der Waals surface area (Å²) in [5, 5.41) is 9.35. The van der Waals surface area contributed by atoms with Crippen LogP contribution in [0.3, 0.4) is 0 Å². The molecule has 4 rings (SSSR count). The lowest BCUT2D eigenvalue weighted by molar-refractivity contribution is -0.274. The molecule has 3 aromatic heterocycles. The van der Waals surface area contributed by atoms with Gasteiger partial charge in [0.1, 0.15) is 11.3 Å². The maximum Gasteiger partial charge on any atom is 0.573 e. The molecule has 0 radical (unpaired) electrons. The summed E-state index contributed by atoms with van der Waals surface area (Å²) in [4.78, 5) is 42.8. The van der Waals surface area contributed by atoms with Gasteiger partial charge >= 0.3 is 6.36 Å². The van der Waals surface area contributed by atoms with E-state index in [0.29, 0.717) is 22.7 Å². The molecule has 180 valence electrons. The van der Waals surface area contributed by atoms with Gasteiger partial charge in [-0.2, -0.15) is 5.10 Å². The van der Waals surface area contributed by atoms with E-state index in [1.165, 1.54) is 48.1 Å². The van der Waals surface area contributed by atoms with Crippen LogP contribution in [0.2, 0.25) is 0 Å². The molecule has 2 amide bonds. The molecule has 0 aliphatic carbocycles. The number of alkyl halides is 3. The fourth-order valence-corrected chi connectivity index (χ4v) is 3.22. The van der Waals surface area contributed by atoms with E-state index in [1.54, 1.807) is 12.1 Å². The lowest BCUT2D eigenvalue weighted by Gasteiger charge is -2.13. The van der Waals surface area contributed by atoms with Crippen LogP contribution in [0.5, 0.6) is 5.75 Å². The lowest BCUT2D eigenvalue weighted by Crippen LogP contribution is -2.29. The van der Waals surface area contributed by atoms with Gasteiger partial charge in [0.05, 0.1) is 11.9 Å². The van der Waals surface area contributed by atoms with Gasteiger partial charge in [-0.1, -0.05) is 18.2 Å². The number of rotatable bonds is 6. The topological polar surface area (TPSA) is 130 Å². The van der Waals surface area contributed by atoms with Crippen molar-refractivity contribution in [2.45, 2.75) is 19.8 Å². The number of nitrogens with one attached hydrogen (secondary N) is 3. The summed E-state index contributed by atoms with van der Waals surface area (Å²) in [6.45, 7) is 1.04. The summed E-state index contributed by atoms with van der Waals surface area (Å²) < 4.78 is 43.2. The molecule has 0 atom stereocenters. The van der Waals surface area contributed by atoms with E-state index >= 15 is 0 Å². The fourth-order valence-electron chi connectivity index (χ4n) is 3.22. The number of carbonyl (C=O) groups is 2. The maximum atomic E-state index is 12.7. The average Bonchev–Trinajstić information content (AvgIpc) is 3.18. The van der Waals surface area contributed by atoms with Gasteiger partial charge in [-0.15, -0.1) is 13.2 Å². The maximum absolute atomic E-state index is 12.7. The molecule has 0 spiro atoms. The van der Waals surface area contributed by atoms with E-state index in [2.05, 4.69) is 30.4 Å². The first-order chi connectivity index (χ1) is 16.6. The molecule has 0 bridgehead atoms. The summed E-state index contributed by atoms with van der Waals surface area (Å²) in [5.41, 5.74) is 0.365. The van der Waals surface area contributed by atoms with Gasteiger partial charge < -0.3 is 20.4 Å². The number of para-hydroxylation sites is 1. The molecule has 4 aromatic rings. The molecule has 10 nitrogen and oxygen atoms in total. The quantitative estimate of drug-likeness (QED) is 0.384. The Morgan fingerprint density at radius 2 is 1.94 bits per heavy atom. The fraction of sp³-hybridized carbons (Fsp3) is 0.136. The van der Waals surface area contributed by atoms with Gasteiger partial charge in [0, 0.05) is 30.8 Å². The van der Waals surface area contributed by atoms with E-state index in [1.807, 2.05) is 0 Å². The molecule has 0 saturated carbocycles. The predicted octanol–water partition coefficient (Wildman–Crippen LogP) is 2.87. The number of ether oxygens (including phenoxy) is 1. The molecule has 1 aromatic carbocycles. The molecule has 0 aliphatic rings. The van der Waals surface area contributed by atoms with Crippen molar-refractivity contribution in [3.8, 4) is 17.0 Å². The van der Waals surface area contributed by atoms with Gasteiger partial charge in [0.2, 0.25) is 5.91 Å². The first-order valence-electron chi connectivity index (χ1n) is 10.1. The Balaban J connectivity index is 1.56. The summed E-state index contributed by atoms with van der Waals surface area (Å²) in [6, 6.07) is 9.90. The third kappa shape index (κ3) is 5.63. The van der Waals surface area contributed by atoms with E-state index in [-0.39, 0.29) is 23.6 Å². The van der Waals surface area contributed by atoms with Crippen LogP contribution in [0.4, 0.5) is 19.0 Å². The van der Waals surface area contributed by atoms with Crippen molar-refractivity contribution in [1.82, 2.24) is 24.9 Å². The van der Waals surface area contributed by atoms with E-state index in [4.69, 9.17) is 0 Å². The number of benzene rings is 1. The van der Waals surface area contributed by atoms with E-state index in [0.717, 1.165) is 6.07 Å². The Bertz CT molecular complexity index is 1480. The standard InChI is InChI=1S/C22H17F3N6O4/c1-12(32)28-18-11-31-19(29-18)7-6-16(30-31)14-8-15(21(34)27-10-14)20(33)26-9-13-4-2-3-5-17(13)35-22(23,24)25/h2-8,10-11H,9H2,1H3,(H,26,33)(H,27,34)(H,28,32). The number of hydrogen-bond acceptors (Lipinski definition) is 6. The van der Waals surface area contributed by atoms with Gasteiger partial charge in [-0.3, -0.25) is 14.4 Å². The lowest BCUT2D eigenvalue weighted by atomic mass is 10.1. The number of anilines is 1. The molecule has 0 unspecified atom stereocenters. The monoisotopic (exact) mass is 486 g/mol. The number of amides is 2. The highest BCUT2D eigenvalue weighted by Crippen LogP contribution is 2.26. The minimum absolute atomic E-state index is 0.0768. The molecule has 35 heavy (non-hydrogen) atoms. The second-order valence-corrected chi connectivity index (χ2v) is 7.30. The highest BCUT2D eigenvalue weighted by atomic mass is 19.4. The number of fused-ring (bicyclic) bond motifs is 1. The zero-order valence-electron chi connectivity index (χ0n) is 18.0. The highest BCUT2D eigenvalue weighted by molar-refractivity contribution is 5.94. The number of aromatic nitrogens is 4. The third-order valence-electron chi connectivity index (χ3n) is 4.71. The van der Waals surface area contributed by atoms with Crippen LogP contribution in [0.1, 0.15) is 22.8 Å². The Kier molecular flexibility index (Phi) is 6.23. The highest BCUT2D eigenvalue weighted by Gasteiger charge is 2.32. The summed E-state index contributed by atoms with van der Waals surface area (Å²) in [5.74, 6) is -1.25. The number of carbonyl (C=O) groups excluding carboxylic acids is 2. The number of H-pyrrole nitrogens is 1. The number of pyridine rings is 1. The Morgan fingerprint density at radius 1 is 1.17 bits per heavy atom. The molecule has 0 aliphatic heterocycles. The normalized spacial score (nSPS) is 11.3. The second kappa shape index (κ2) is 9.29. The summed E-state index contributed by atoms with van der Waals surface area (Å²) in [7, 11) is 0. The second-order valence-electron chi connectivity index (χ2n) is 7.30. The van der Waals surface area contributed by atoms with E-state index in [9.17, 15) is 27.6 Å². The van der Waals surface area contributed by atoms with Crippen LogP contribution in [-0.2, 0) is 11.3 Å². The van der Waals surface area contributed by atoms with Crippen molar-refractivity contribution in [1.29, 1.82) is 0 Å².